The summed E-state index contributed by atoms with van der Waals surface area (Å²) in [6.45, 7) is 0.566. The number of rotatable bonds is 4. The number of halogens is 1. The fourth-order valence-corrected chi connectivity index (χ4v) is 1.81. The molecule has 0 spiro atoms. The van der Waals surface area contributed by atoms with Crippen LogP contribution >= 0.6 is 11.6 Å². The Morgan fingerprint density at radius 1 is 1.29 bits per heavy atom. The highest BCUT2D eigenvalue weighted by molar-refractivity contribution is 6.31. The van der Waals surface area contributed by atoms with Crippen molar-refractivity contribution in [2.45, 2.75) is 12.6 Å². The third-order valence-electron chi connectivity index (χ3n) is 2.52. The molecule has 0 radical (unpaired) electrons. The van der Waals surface area contributed by atoms with Gasteiger partial charge >= 0.3 is 0 Å². The first-order valence-corrected chi connectivity index (χ1v) is 5.69. The summed E-state index contributed by atoms with van der Waals surface area (Å²) in [5.41, 5.74) is 1.85. The van der Waals surface area contributed by atoms with Gasteiger partial charge in [-0.15, -0.1) is 0 Å². The zero-order valence-corrected chi connectivity index (χ0v) is 9.91. The van der Waals surface area contributed by atoms with Gasteiger partial charge in [0.05, 0.1) is 6.07 Å². The summed E-state index contributed by atoms with van der Waals surface area (Å²) < 4.78 is 0. The lowest BCUT2D eigenvalue weighted by molar-refractivity contribution is 0.619. The molecular formula is C13H12ClN3. The van der Waals surface area contributed by atoms with Crippen LogP contribution in [0.5, 0.6) is 0 Å². The maximum Gasteiger partial charge on any atom is 0.136 e. The molecule has 0 saturated heterocycles. The Balaban J connectivity index is 2.03. The number of nitrogens with zero attached hydrogens (tertiary/aromatic N) is 1. The minimum atomic E-state index is -0.346. The van der Waals surface area contributed by atoms with Crippen molar-refractivity contribution >= 4 is 11.6 Å². The average Bonchev–Trinajstić information content (AvgIpc) is 2.86. The summed E-state index contributed by atoms with van der Waals surface area (Å²) in [4.78, 5) is 3.02. The smallest absolute Gasteiger partial charge is 0.136 e. The van der Waals surface area contributed by atoms with E-state index < -0.39 is 0 Å². The molecule has 0 saturated carbocycles. The van der Waals surface area contributed by atoms with Gasteiger partial charge in [0.2, 0.25) is 0 Å². The Morgan fingerprint density at radius 3 is 2.76 bits per heavy atom. The fourth-order valence-electron chi connectivity index (χ4n) is 1.60. The van der Waals surface area contributed by atoms with Crippen LogP contribution < -0.4 is 5.32 Å². The predicted octanol–water partition coefficient (Wildman–Crippen LogP) is 3.02. The molecule has 2 N–H and O–H groups in total. The standard InChI is InChI=1S/C13H12ClN3/c14-11-5-2-1-4-10(11)9-17-13(8-15)12-6-3-7-16-12/h1-7,13,16-17H,9H2. The number of hydrogen-bond donors (Lipinski definition) is 2. The van der Waals surface area contributed by atoms with Crippen molar-refractivity contribution in [1.82, 2.24) is 10.3 Å². The van der Waals surface area contributed by atoms with E-state index in [1.165, 1.54) is 0 Å². The maximum atomic E-state index is 9.08. The van der Waals surface area contributed by atoms with Gasteiger partial charge in [-0.05, 0) is 23.8 Å². The molecule has 0 fully saturated rings. The Morgan fingerprint density at radius 2 is 2.12 bits per heavy atom. The molecule has 86 valence electrons. The van der Waals surface area contributed by atoms with Gasteiger partial charge in [-0.1, -0.05) is 29.8 Å². The van der Waals surface area contributed by atoms with Crippen molar-refractivity contribution in [1.29, 1.82) is 5.26 Å². The number of nitrogens with one attached hydrogen (secondary N) is 2. The van der Waals surface area contributed by atoms with Crippen molar-refractivity contribution < 1.29 is 0 Å². The van der Waals surface area contributed by atoms with E-state index in [1.807, 2.05) is 36.4 Å². The van der Waals surface area contributed by atoms with Crippen LogP contribution in [-0.2, 0) is 6.54 Å². The normalized spacial score (nSPS) is 12.0. The minimum absolute atomic E-state index is 0.346. The second kappa shape index (κ2) is 5.53. The van der Waals surface area contributed by atoms with Gasteiger partial charge in [0.1, 0.15) is 6.04 Å². The van der Waals surface area contributed by atoms with E-state index in [4.69, 9.17) is 16.9 Å². The summed E-state index contributed by atoms with van der Waals surface area (Å²) in [7, 11) is 0. The largest absolute Gasteiger partial charge is 0.363 e. The Bertz CT molecular complexity index is 514. The maximum absolute atomic E-state index is 9.08. The van der Waals surface area contributed by atoms with E-state index in [0.29, 0.717) is 11.6 Å². The highest BCUT2D eigenvalue weighted by Gasteiger charge is 2.10. The fraction of sp³-hybridized carbons (Fsp3) is 0.154. The molecule has 2 rings (SSSR count). The number of hydrogen-bond acceptors (Lipinski definition) is 2. The number of nitriles is 1. The molecule has 0 bridgehead atoms. The van der Waals surface area contributed by atoms with Crippen LogP contribution in [0.25, 0.3) is 0 Å². The van der Waals surface area contributed by atoms with E-state index in [-0.39, 0.29) is 6.04 Å². The summed E-state index contributed by atoms with van der Waals surface area (Å²) in [5.74, 6) is 0. The molecule has 1 unspecified atom stereocenters. The highest BCUT2D eigenvalue weighted by Crippen LogP contribution is 2.16. The van der Waals surface area contributed by atoms with Crippen LogP contribution in [0.2, 0.25) is 5.02 Å². The summed E-state index contributed by atoms with van der Waals surface area (Å²) >= 11 is 6.05. The zero-order chi connectivity index (χ0) is 12.1. The molecule has 0 aliphatic carbocycles. The van der Waals surface area contributed by atoms with E-state index in [9.17, 15) is 0 Å². The quantitative estimate of drug-likeness (QED) is 0.870. The summed E-state index contributed by atoms with van der Waals surface area (Å²) in [5, 5.41) is 12.9. The molecule has 17 heavy (non-hydrogen) atoms. The second-order valence-corrected chi connectivity index (χ2v) is 4.07. The van der Waals surface area contributed by atoms with E-state index in [2.05, 4.69) is 16.4 Å². The van der Waals surface area contributed by atoms with Gasteiger partial charge in [0, 0.05) is 23.5 Å². The average molecular weight is 246 g/mol. The first kappa shape index (κ1) is 11.7. The molecule has 4 heteroatoms. The monoisotopic (exact) mass is 245 g/mol. The van der Waals surface area contributed by atoms with Gasteiger partial charge in [-0.25, -0.2) is 0 Å². The minimum Gasteiger partial charge on any atom is -0.363 e. The van der Waals surface area contributed by atoms with Crippen molar-refractivity contribution in [3.8, 4) is 6.07 Å². The van der Waals surface area contributed by atoms with Crippen molar-refractivity contribution in [3.63, 3.8) is 0 Å². The molecule has 1 atom stereocenters. The van der Waals surface area contributed by atoms with Gasteiger partial charge in [-0.3, -0.25) is 5.32 Å². The van der Waals surface area contributed by atoms with E-state index in [0.717, 1.165) is 11.3 Å². The van der Waals surface area contributed by atoms with Gasteiger partial charge in [0.15, 0.2) is 0 Å². The summed E-state index contributed by atoms with van der Waals surface area (Å²) in [6.07, 6.45) is 1.80. The molecule has 1 heterocycles. The van der Waals surface area contributed by atoms with Crippen LogP contribution in [0.4, 0.5) is 0 Å². The number of H-pyrrole nitrogens is 1. The second-order valence-electron chi connectivity index (χ2n) is 3.66. The van der Waals surface area contributed by atoms with E-state index >= 15 is 0 Å². The van der Waals surface area contributed by atoms with Crippen molar-refractivity contribution in [2.75, 3.05) is 0 Å². The van der Waals surface area contributed by atoms with Crippen LogP contribution in [0, 0.1) is 11.3 Å². The molecule has 0 aliphatic heterocycles. The van der Waals surface area contributed by atoms with Crippen LogP contribution in [-0.4, -0.2) is 4.98 Å². The van der Waals surface area contributed by atoms with Crippen LogP contribution in [0.15, 0.2) is 42.6 Å². The third kappa shape index (κ3) is 2.88. The van der Waals surface area contributed by atoms with Gasteiger partial charge in [0.25, 0.3) is 0 Å². The number of aromatic nitrogens is 1. The lowest BCUT2D eigenvalue weighted by atomic mass is 10.2. The SMILES string of the molecule is N#CC(NCc1ccccc1Cl)c1ccc[nH]1. The van der Waals surface area contributed by atoms with Crippen molar-refractivity contribution in [2.24, 2.45) is 0 Å². The third-order valence-corrected chi connectivity index (χ3v) is 2.89. The van der Waals surface area contributed by atoms with Gasteiger partial charge < -0.3 is 4.98 Å². The molecule has 1 aromatic carbocycles. The molecule has 3 nitrogen and oxygen atoms in total. The van der Waals surface area contributed by atoms with Gasteiger partial charge in [-0.2, -0.15) is 5.26 Å². The lowest BCUT2D eigenvalue weighted by Gasteiger charge is -2.10. The van der Waals surface area contributed by atoms with E-state index in [1.54, 1.807) is 6.20 Å². The van der Waals surface area contributed by atoms with Crippen LogP contribution in [0.3, 0.4) is 0 Å². The zero-order valence-electron chi connectivity index (χ0n) is 9.15. The topological polar surface area (TPSA) is 51.6 Å². The Kier molecular flexibility index (Phi) is 3.81. The molecular weight excluding hydrogens is 234 g/mol. The Labute approximate surface area is 105 Å². The Hall–Kier alpha value is -1.76. The molecule has 1 aromatic heterocycles. The first-order valence-electron chi connectivity index (χ1n) is 5.31. The van der Waals surface area contributed by atoms with Crippen LogP contribution in [0.1, 0.15) is 17.3 Å². The number of aromatic amines is 1. The molecule has 0 aliphatic rings. The summed E-state index contributed by atoms with van der Waals surface area (Å²) in [6, 6.07) is 13.2. The number of benzene rings is 1. The highest BCUT2D eigenvalue weighted by atomic mass is 35.5. The lowest BCUT2D eigenvalue weighted by Crippen LogP contribution is -2.19. The first-order chi connectivity index (χ1) is 8.31. The predicted molar refractivity (Wildman–Crippen MR) is 67.4 cm³/mol. The molecule has 0 amide bonds. The molecule has 2 aromatic rings. The van der Waals surface area contributed by atoms with Crippen molar-refractivity contribution in [3.05, 3.63) is 58.9 Å².